The van der Waals surface area contributed by atoms with Gasteiger partial charge >= 0.3 is 6.03 Å². The summed E-state index contributed by atoms with van der Waals surface area (Å²) in [4.78, 5) is 28.1. The van der Waals surface area contributed by atoms with Crippen molar-refractivity contribution in [2.24, 2.45) is 0 Å². The van der Waals surface area contributed by atoms with Gasteiger partial charge in [-0.1, -0.05) is 35.0 Å². The lowest BCUT2D eigenvalue weighted by atomic mass is 9.76. The Morgan fingerprint density at radius 3 is 2.72 bits per heavy atom. The Kier molecular flexibility index (Phi) is 4.24. The molecule has 3 aliphatic heterocycles. The zero-order chi connectivity index (χ0) is 17.6. The summed E-state index contributed by atoms with van der Waals surface area (Å²) in [7, 11) is 0. The fraction of sp³-hybridized carbons (Fsp3) is 0.556. The molecule has 3 saturated heterocycles. The maximum absolute atomic E-state index is 12.8. The smallest absolute Gasteiger partial charge is 0.320 e. The molecule has 25 heavy (non-hydrogen) atoms. The minimum Gasteiger partial charge on any atom is -0.366 e. The molecule has 1 unspecified atom stereocenters. The number of ether oxygens (including phenoxy) is 1. The standard InChI is InChI=1S/C18H22BrN3O3/c1-18(12-2-4-13(19)5-3-12)10-22(11-18)17(24)21-7-6-15-14(8-21)20-16(23)9-25-15/h2-5,14-15H,6-11H2,1H3,(H,20,23)/t14?,15-/m0/s1. The number of hydrogen-bond acceptors (Lipinski definition) is 3. The van der Waals surface area contributed by atoms with Gasteiger partial charge < -0.3 is 19.9 Å². The van der Waals surface area contributed by atoms with Gasteiger partial charge in [0.15, 0.2) is 0 Å². The molecule has 6 nitrogen and oxygen atoms in total. The molecule has 3 aliphatic rings. The quantitative estimate of drug-likeness (QED) is 0.770. The van der Waals surface area contributed by atoms with Crippen molar-refractivity contribution >= 4 is 27.9 Å². The molecule has 3 fully saturated rings. The minimum atomic E-state index is -0.0951. The molecule has 1 aromatic carbocycles. The normalized spacial score (nSPS) is 28.0. The number of halogens is 1. The van der Waals surface area contributed by atoms with Crippen molar-refractivity contribution in [2.75, 3.05) is 32.8 Å². The largest absolute Gasteiger partial charge is 0.366 e. The van der Waals surface area contributed by atoms with Gasteiger partial charge in [0.05, 0.1) is 12.1 Å². The van der Waals surface area contributed by atoms with Crippen LogP contribution in [-0.2, 0) is 14.9 Å². The zero-order valence-electron chi connectivity index (χ0n) is 14.2. The van der Waals surface area contributed by atoms with E-state index in [9.17, 15) is 9.59 Å². The lowest BCUT2D eigenvalue weighted by Crippen LogP contribution is -2.66. The molecular weight excluding hydrogens is 386 g/mol. The van der Waals surface area contributed by atoms with Crippen molar-refractivity contribution in [1.82, 2.24) is 15.1 Å². The van der Waals surface area contributed by atoms with Crippen molar-refractivity contribution < 1.29 is 14.3 Å². The molecule has 0 bridgehead atoms. The Labute approximate surface area is 155 Å². The van der Waals surface area contributed by atoms with Crippen molar-refractivity contribution in [3.63, 3.8) is 0 Å². The highest BCUT2D eigenvalue weighted by atomic mass is 79.9. The van der Waals surface area contributed by atoms with Crippen LogP contribution in [0.25, 0.3) is 0 Å². The predicted octanol–water partition coefficient (Wildman–Crippen LogP) is 1.73. The van der Waals surface area contributed by atoms with Crippen molar-refractivity contribution in [3.8, 4) is 0 Å². The number of nitrogens with one attached hydrogen (secondary N) is 1. The number of piperidine rings is 1. The maximum Gasteiger partial charge on any atom is 0.320 e. The van der Waals surface area contributed by atoms with Crippen LogP contribution in [0.15, 0.2) is 28.7 Å². The number of benzene rings is 1. The molecule has 0 aliphatic carbocycles. The van der Waals surface area contributed by atoms with Crippen LogP contribution in [0.2, 0.25) is 0 Å². The molecule has 1 aromatic rings. The van der Waals surface area contributed by atoms with Gasteiger partial charge in [-0.25, -0.2) is 4.79 Å². The highest BCUT2D eigenvalue weighted by molar-refractivity contribution is 9.10. The number of amides is 3. The monoisotopic (exact) mass is 407 g/mol. The van der Waals surface area contributed by atoms with Gasteiger partial charge in [-0.3, -0.25) is 4.79 Å². The first kappa shape index (κ1) is 16.8. The number of carbonyl (C=O) groups excluding carboxylic acids is 2. The molecule has 3 amide bonds. The van der Waals surface area contributed by atoms with E-state index in [1.807, 2.05) is 21.9 Å². The van der Waals surface area contributed by atoms with Crippen molar-refractivity contribution in [1.29, 1.82) is 0 Å². The van der Waals surface area contributed by atoms with E-state index >= 15 is 0 Å². The Bertz CT molecular complexity index is 687. The van der Waals surface area contributed by atoms with Crippen LogP contribution in [0, 0.1) is 0 Å². The molecule has 4 rings (SSSR count). The van der Waals surface area contributed by atoms with Gasteiger partial charge in [-0.05, 0) is 24.1 Å². The Morgan fingerprint density at radius 2 is 2.00 bits per heavy atom. The van der Waals surface area contributed by atoms with Crippen LogP contribution >= 0.6 is 15.9 Å². The molecule has 7 heteroatoms. The lowest BCUT2D eigenvalue weighted by molar-refractivity contribution is -0.139. The van der Waals surface area contributed by atoms with E-state index < -0.39 is 0 Å². The average Bonchev–Trinajstić information content (AvgIpc) is 2.58. The molecule has 0 spiro atoms. The number of fused-ring (bicyclic) bond motifs is 1. The summed E-state index contributed by atoms with van der Waals surface area (Å²) >= 11 is 3.46. The first-order valence-corrected chi connectivity index (χ1v) is 9.45. The lowest BCUT2D eigenvalue weighted by Gasteiger charge is -2.51. The SMILES string of the molecule is CC1(c2ccc(Br)cc2)CN(C(=O)N2CC[C@@H]3OCC(=O)NC3C2)C1. The number of morpholine rings is 1. The number of hydrogen-bond donors (Lipinski definition) is 1. The third-order valence-electron chi connectivity index (χ3n) is 5.49. The van der Waals surface area contributed by atoms with Gasteiger partial charge in [-0.15, -0.1) is 0 Å². The highest BCUT2D eigenvalue weighted by Gasteiger charge is 2.45. The molecule has 0 radical (unpaired) electrons. The summed E-state index contributed by atoms with van der Waals surface area (Å²) in [5, 5.41) is 2.94. The summed E-state index contributed by atoms with van der Waals surface area (Å²) in [5.74, 6) is -0.0951. The van der Waals surface area contributed by atoms with Crippen LogP contribution in [-0.4, -0.2) is 66.7 Å². The number of urea groups is 1. The highest BCUT2D eigenvalue weighted by Crippen LogP contribution is 2.35. The minimum absolute atomic E-state index is 0.0108. The third kappa shape index (κ3) is 3.15. The first-order chi connectivity index (χ1) is 11.9. The molecule has 134 valence electrons. The summed E-state index contributed by atoms with van der Waals surface area (Å²) in [5.41, 5.74) is 1.27. The second kappa shape index (κ2) is 6.29. The second-order valence-corrected chi connectivity index (χ2v) is 8.38. The van der Waals surface area contributed by atoms with Crippen LogP contribution < -0.4 is 5.32 Å². The number of nitrogens with zero attached hydrogens (tertiary/aromatic N) is 2. The van der Waals surface area contributed by atoms with E-state index in [0.717, 1.165) is 24.0 Å². The summed E-state index contributed by atoms with van der Waals surface area (Å²) in [6.07, 6.45) is 0.806. The van der Waals surface area contributed by atoms with E-state index in [4.69, 9.17) is 4.74 Å². The van der Waals surface area contributed by atoms with Gasteiger partial charge in [0, 0.05) is 36.1 Å². The van der Waals surface area contributed by atoms with Crippen LogP contribution in [0.4, 0.5) is 4.79 Å². The molecule has 2 atom stereocenters. The van der Waals surface area contributed by atoms with E-state index in [0.29, 0.717) is 13.1 Å². The van der Waals surface area contributed by atoms with Gasteiger partial charge in [0.2, 0.25) is 5.91 Å². The van der Waals surface area contributed by atoms with Crippen LogP contribution in [0.3, 0.4) is 0 Å². The number of likely N-dealkylation sites (tertiary alicyclic amines) is 2. The van der Waals surface area contributed by atoms with Crippen LogP contribution in [0.1, 0.15) is 18.9 Å². The van der Waals surface area contributed by atoms with Gasteiger partial charge in [0.25, 0.3) is 0 Å². The van der Waals surface area contributed by atoms with Gasteiger partial charge in [0.1, 0.15) is 6.61 Å². The zero-order valence-corrected chi connectivity index (χ0v) is 15.8. The summed E-state index contributed by atoms with van der Waals surface area (Å²) in [6, 6.07) is 8.30. The number of carbonyl (C=O) groups is 2. The number of rotatable bonds is 1. The Balaban J connectivity index is 1.37. The Morgan fingerprint density at radius 1 is 1.28 bits per heavy atom. The molecular formula is C18H22BrN3O3. The average molecular weight is 408 g/mol. The van der Waals surface area contributed by atoms with E-state index in [2.05, 4.69) is 40.3 Å². The van der Waals surface area contributed by atoms with Crippen LogP contribution in [0.5, 0.6) is 0 Å². The predicted molar refractivity (Wildman–Crippen MR) is 96.3 cm³/mol. The first-order valence-electron chi connectivity index (χ1n) is 8.65. The Hall–Kier alpha value is -1.60. The topological polar surface area (TPSA) is 61.9 Å². The van der Waals surface area contributed by atoms with Gasteiger partial charge in [-0.2, -0.15) is 0 Å². The third-order valence-corrected chi connectivity index (χ3v) is 6.01. The van der Waals surface area contributed by atoms with E-state index in [1.54, 1.807) is 0 Å². The molecule has 0 saturated carbocycles. The fourth-order valence-corrected chi connectivity index (χ4v) is 4.30. The van der Waals surface area contributed by atoms with Crippen molar-refractivity contribution in [3.05, 3.63) is 34.3 Å². The van der Waals surface area contributed by atoms with E-state index in [-0.39, 0.29) is 36.1 Å². The van der Waals surface area contributed by atoms with E-state index in [1.165, 1.54) is 5.56 Å². The molecule has 0 aromatic heterocycles. The summed E-state index contributed by atoms with van der Waals surface area (Å²) in [6.45, 7) is 4.98. The van der Waals surface area contributed by atoms with Crippen molar-refractivity contribution in [2.45, 2.75) is 30.9 Å². The summed E-state index contributed by atoms with van der Waals surface area (Å²) < 4.78 is 6.62. The molecule has 1 N–H and O–H groups in total. The second-order valence-electron chi connectivity index (χ2n) is 7.46. The fourth-order valence-electron chi connectivity index (χ4n) is 4.04. The maximum atomic E-state index is 12.8. The molecule has 3 heterocycles.